The molecule has 2 bridgehead atoms. The first-order chi connectivity index (χ1) is 21.7. The zero-order valence-electron chi connectivity index (χ0n) is 28.6. The number of benzene rings is 1. The van der Waals surface area contributed by atoms with Gasteiger partial charge in [0.25, 0.3) is 0 Å². The van der Waals surface area contributed by atoms with Gasteiger partial charge in [-0.05, 0) is 56.1 Å². The lowest BCUT2D eigenvalue weighted by Crippen LogP contribution is -2.57. The van der Waals surface area contributed by atoms with Crippen molar-refractivity contribution in [3.63, 3.8) is 0 Å². The SMILES string of the molecule is COc1ccc2nc3c(nc2c1)OC1CN(C(=O)C(C(C)(C)C)NC(=O)OC2(C)CC2CCCCC3)C(C(=O)OCC(C)C)C1C. The Morgan fingerprint density at radius 1 is 1.15 bits per heavy atom. The summed E-state index contributed by atoms with van der Waals surface area (Å²) in [5.41, 5.74) is 0.894. The number of carbonyl (C=O) groups excluding carboxylic acids is 3. The van der Waals surface area contributed by atoms with E-state index in [1.54, 1.807) is 7.11 Å². The predicted octanol–water partition coefficient (Wildman–Crippen LogP) is 5.47. The highest BCUT2D eigenvalue weighted by atomic mass is 16.6. The Labute approximate surface area is 272 Å². The van der Waals surface area contributed by atoms with Gasteiger partial charge in [-0.2, -0.15) is 0 Å². The highest BCUT2D eigenvalue weighted by Crippen LogP contribution is 2.49. The topological polar surface area (TPSA) is 129 Å². The van der Waals surface area contributed by atoms with Crippen molar-refractivity contribution in [3.05, 3.63) is 23.9 Å². The lowest BCUT2D eigenvalue weighted by molar-refractivity contribution is -0.156. The van der Waals surface area contributed by atoms with E-state index < -0.39 is 47.2 Å². The number of nitrogens with one attached hydrogen (secondary N) is 1. The number of alkyl carbamates (subject to hydrolysis) is 1. The van der Waals surface area contributed by atoms with Crippen molar-refractivity contribution in [3.8, 4) is 11.6 Å². The number of aromatic nitrogens is 2. The van der Waals surface area contributed by atoms with Gasteiger partial charge in [-0.3, -0.25) is 4.79 Å². The number of esters is 1. The molecule has 1 aromatic heterocycles. The minimum Gasteiger partial charge on any atom is -0.497 e. The second-order valence-electron chi connectivity index (χ2n) is 15.0. The fraction of sp³-hybridized carbons (Fsp3) is 0.686. The van der Waals surface area contributed by atoms with E-state index in [-0.39, 0.29) is 30.9 Å². The summed E-state index contributed by atoms with van der Waals surface area (Å²) in [6, 6.07) is 3.71. The lowest BCUT2D eigenvalue weighted by Gasteiger charge is -2.35. The second kappa shape index (κ2) is 13.2. The molecule has 1 aromatic carbocycles. The molecule has 252 valence electrons. The van der Waals surface area contributed by atoms with Gasteiger partial charge < -0.3 is 29.2 Å². The third-order valence-corrected chi connectivity index (χ3v) is 9.57. The fourth-order valence-corrected chi connectivity index (χ4v) is 6.59. The van der Waals surface area contributed by atoms with Crippen LogP contribution in [0.2, 0.25) is 0 Å². The molecular formula is C35H50N4O7. The van der Waals surface area contributed by atoms with E-state index in [1.165, 1.54) is 4.90 Å². The summed E-state index contributed by atoms with van der Waals surface area (Å²) in [6.45, 7) is 13.8. The van der Waals surface area contributed by atoms with E-state index in [2.05, 4.69) is 5.32 Å². The summed E-state index contributed by atoms with van der Waals surface area (Å²) in [5, 5.41) is 2.87. The molecule has 2 aromatic rings. The fourth-order valence-electron chi connectivity index (χ4n) is 6.59. The highest BCUT2D eigenvalue weighted by Gasteiger charge is 2.54. The van der Waals surface area contributed by atoms with Crippen LogP contribution in [0.4, 0.5) is 4.79 Å². The zero-order valence-corrected chi connectivity index (χ0v) is 28.6. The van der Waals surface area contributed by atoms with E-state index in [0.717, 1.165) is 43.3 Å². The molecule has 6 atom stereocenters. The first-order valence-electron chi connectivity index (χ1n) is 16.7. The first kappa shape index (κ1) is 33.7. The van der Waals surface area contributed by atoms with Crippen LogP contribution in [0, 0.1) is 23.2 Å². The summed E-state index contributed by atoms with van der Waals surface area (Å²) in [5.74, 6) is 0.138. The Morgan fingerprint density at radius 2 is 1.91 bits per heavy atom. The van der Waals surface area contributed by atoms with Gasteiger partial charge in [-0.25, -0.2) is 19.6 Å². The van der Waals surface area contributed by atoms with Crippen LogP contribution in [0.15, 0.2) is 18.2 Å². The molecule has 2 fully saturated rings. The van der Waals surface area contributed by atoms with Crippen molar-refractivity contribution in [2.24, 2.45) is 23.2 Å². The molecule has 1 saturated carbocycles. The quantitative estimate of drug-likeness (QED) is 0.434. The molecule has 1 N–H and O–H groups in total. The van der Waals surface area contributed by atoms with Crippen molar-refractivity contribution in [2.75, 3.05) is 20.3 Å². The number of rotatable bonds is 4. The number of hydrogen-bond donors (Lipinski definition) is 1. The maximum atomic E-state index is 14.4. The smallest absolute Gasteiger partial charge is 0.408 e. The molecule has 2 aliphatic heterocycles. The number of nitrogens with zero attached hydrogens (tertiary/aromatic N) is 3. The van der Waals surface area contributed by atoms with Gasteiger partial charge in [-0.15, -0.1) is 0 Å². The molecular weight excluding hydrogens is 588 g/mol. The number of methoxy groups -OCH3 is 1. The van der Waals surface area contributed by atoms with Gasteiger partial charge in [-0.1, -0.05) is 54.4 Å². The average molecular weight is 639 g/mol. The Kier molecular flexibility index (Phi) is 9.70. The molecule has 46 heavy (non-hydrogen) atoms. The Hall–Kier alpha value is -3.63. The molecule has 11 nitrogen and oxygen atoms in total. The van der Waals surface area contributed by atoms with E-state index in [9.17, 15) is 14.4 Å². The Balaban J connectivity index is 1.54. The molecule has 3 aliphatic rings. The van der Waals surface area contributed by atoms with Crippen molar-refractivity contribution < 1.29 is 33.3 Å². The monoisotopic (exact) mass is 638 g/mol. The third-order valence-electron chi connectivity index (χ3n) is 9.57. The van der Waals surface area contributed by atoms with Gasteiger partial charge >= 0.3 is 12.1 Å². The Morgan fingerprint density at radius 3 is 2.61 bits per heavy atom. The molecule has 1 saturated heterocycles. The van der Waals surface area contributed by atoms with Crippen molar-refractivity contribution in [1.29, 1.82) is 0 Å². The van der Waals surface area contributed by atoms with Gasteiger partial charge in [0.2, 0.25) is 11.8 Å². The zero-order chi connectivity index (χ0) is 33.4. The normalized spacial score (nSPS) is 29.1. The van der Waals surface area contributed by atoms with E-state index in [1.807, 2.05) is 66.7 Å². The van der Waals surface area contributed by atoms with Crippen LogP contribution in [0.5, 0.6) is 11.6 Å². The van der Waals surface area contributed by atoms with Gasteiger partial charge in [0, 0.05) is 17.9 Å². The van der Waals surface area contributed by atoms with Crippen LogP contribution < -0.4 is 14.8 Å². The molecule has 3 heterocycles. The van der Waals surface area contributed by atoms with Crippen LogP contribution in [-0.2, 0) is 25.5 Å². The van der Waals surface area contributed by atoms with Crippen LogP contribution >= 0.6 is 0 Å². The lowest BCUT2D eigenvalue weighted by atomic mass is 9.85. The Bertz CT molecular complexity index is 1460. The summed E-state index contributed by atoms with van der Waals surface area (Å²) in [6.07, 6.45) is 4.09. The maximum Gasteiger partial charge on any atom is 0.408 e. The number of carbonyl (C=O) groups is 3. The number of amides is 2. The van der Waals surface area contributed by atoms with Crippen molar-refractivity contribution in [1.82, 2.24) is 20.2 Å². The molecule has 5 rings (SSSR count). The van der Waals surface area contributed by atoms with E-state index in [0.29, 0.717) is 23.6 Å². The summed E-state index contributed by atoms with van der Waals surface area (Å²) >= 11 is 0. The first-order valence-corrected chi connectivity index (χ1v) is 16.7. The van der Waals surface area contributed by atoms with Crippen LogP contribution in [-0.4, -0.2) is 76.9 Å². The number of aryl methyl sites for hydroxylation is 1. The van der Waals surface area contributed by atoms with E-state index in [4.69, 9.17) is 28.9 Å². The number of hydrogen-bond acceptors (Lipinski definition) is 9. The van der Waals surface area contributed by atoms with Gasteiger partial charge in [0.05, 0.1) is 31.3 Å². The van der Waals surface area contributed by atoms with Crippen LogP contribution in [0.1, 0.15) is 86.3 Å². The molecule has 11 heteroatoms. The minimum absolute atomic E-state index is 0.113. The van der Waals surface area contributed by atoms with Crippen molar-refractivity contribution in [2.45, 2.75) is 111 Å². The predicted molar refractivity (Wildman–Crippen MR) is 173 cm³/mol. The van der Waals surface area contributed by atoms with Crippen LogP contribution in [0.3, 0.4) is 0 Å². The molecule has 0 radical (unpaired) electrons. The van der Waals surface area contributed by atoms with E-state index >= 15 is 0 Å². The average Bonchev–Trinajstić information content (AvgIpc) is 3.50. The molecule has 1 aliphatic carbocycles. The van der Waals surface area contributed by atoms with Gasteiger partial charge in [0.15, 0.2) is 0 Å². The largest absolute Gasteiger partial charge is 0.497 e. The molecule has 2 amide bonds. The van der Waals surface area contributed by atoms with Crippen molar-refractivity contribution >= 4 is 29.0 Å². The molecule has 0 spiro atoms. The maximum absolute atomic E-state index is 14.4. The second-order valence-corrected chi connectivity index (χ2v) is 15.0. The summed E-state index contributed by atoms with van der Waals surface area (Å²) in [4.78, 5) is 52.6. The standard InChI is InChI=1S/C35H50N4O7/c1-20(2)19-44-32(41)28-21(3)27-18-39(28)31(40)29(34(4,5)6)38-33(42)46-35(7)17-22(35)12-10-9-11-13-25-30(45-27)37-26-16-23(43-8)14-15-24(26)36-25/h14-16,20-22,27-29H,9-13,17-19H2,1-8H3,(H,38,42). The molecule has 6 unspecified atom stereocenters. The summed E-state index contributed by atoms with van der Waals surface area (Å²) in [7, 11) is 1.60. The number of ether oxygens (including phenoxy) is 4. The minimum atomic E-state index is -0.950. The number of fused-ring (bicyclic) bond motifs is 5. The van der Waals surface area contributed by atoms with Gasteiger partial charge in [0.1, 0.15) is 35.2 Å². The van der Waals surface area contributed by atoms with Crippen LogP contribution in [0.25, 0.3) is 11.0 Å². The summed E-state index contributed by atoms with van der Waals surface area (Å²) < 4.78 is 23.7. The third kappa shape index (κ3) is 7.33. The highest BCUT2D eigenvalue weighted by molar-refractivity contribution is 5.91.